The van der Waals surface area contributed by atoms with Gasteiger partial charge in [0.1, 0.15) is 6.04 Å². The second-order valence-electron chi connectivity index (χ2n) is 7.05. The minimum Gasteiger partial charge on any atom is -0.368 e. The van der Waals surface area contributed by atoms with Gasteiger partial charge in [-0.15, -0.1) is 0 Å². The summed E-state index contributed by atoms with van der Waals surface area (Å²) in [5, 5.41) is 3.23. The number of hydrogen-bond donors (Lipinski definition) is 2. The first-order valence-electron chi connectivity index (χ1n) is 8.12. The second kappa shape index (κ2) is 7.70. The fraction of sp³-hybridized carbons (Fsp3) is 0.300. The molecule has 3 N–H and O–H groups in total. The number of halogens is 1. The highest BCUT2D eigenvalue weighted by Crippen LogP contribution is 2.22. The van der Waals surface area contributed by atoms with Crippen molar-refractivity contribution in [1.82, 2.24) is 5.32 Å². The molecule has 0 unspecified atom stereocenters. The molecular formula is C20H23ClN2O2. The van der Waals surface area contributed by atoms with E-state index < -0.39 is 11.9 Å². The average molecular weight is 359 g/mol. The summed E-state index contributed by atoms with van der Waals surface area (Å²) in [7, 11) is 0. The molecule has 132 valence electrons. The van der Waals surface area contributed by atoms with Crippen molar-refractivity contribution in [3.8, 4) is 0 Å². The van der Waals surface area contributed by atoms with Gasteiger partial charge in [-0.3, -0.25) is 9.59 Å². The van der Waals surface area contributed by atoms with Crippen LogP contribution in [-0.4, -0.2) is 17.9 Å². The molecule has 2 aromatic rings. The first-order chi connectivity index (χ1) is 11.7. The monoisotopic (exact) mass is 358 g/mol. The molecule has 0 fully saturated rings. The molecule has 2 aromatic carbocycles. The van der Waals surface area contributed by atoms with Gasteiger partial charge >= 0.3 is 0 Å². The summed E-state index contributed by atoms with van der Waals surface area (Å²) in [5.41, 5.74) is 7.83. The molecular weight excluding hydrogens is 336 g/mol. The summed E-state index contributed by atoms with van der Waals surface area (Å²) >= 11 is 6.12. The molecule has 1 atom stereocenters. The van der Waals surface area contributed by atoms with E-state index in [1.807, 2.05) is 24.3 Å². The van der Waals surface area contributed by atoms with Gasteiger partial charge < -0.3 is 11.1 Å². The lowest BCUT2D eigenvalue weighted by atomic mass is 9.86. The number of amides is 2. The average Bonchev–Trinajstić information content (AvgIpc) is 2.55. The topological polar surface area (TPSA) is 72.2 Å². The molecule has 0 aliphatic rings. The Hall–Kier alpha value is -2.33. The summed E-state index contributed by atoms with van der Waals surface area (Å²) in [6.07, 6.45) is 0.251. The molecule has 5 heteroatoms. The fourth-order valence-electron chi connectivity index (χ4n) is 2.47. The summed E-state index contributed by atoms with van der Waals surface area (Å²) in [5.74, 6) is -0.934. The maximum absolute atomic E-state index is 12.4. The van der Waals surface area contributed by atoms with Crippen LogP contribution in [0, 0.1) is 0 Å². The minimum atomic E-state index is -0.824. The van der Waals surface area contributed by atoms with E-state index in [9.17, 15) is 9.59 Å². The van der Waals surface area contributed by atoms with Crippen molar-refractivity contribution in [2.75, 3.05) is 0 Å². The van der Waals surface area contributed by atoms with Crippen LogP contribution in [0.4, 0.5) is 0 Å². The number of nitrogens with two attached hydrogens (primary N) is 1. The van der Waals surface area contributed by atoms with Gasteiger partial charge in [0, 0.05) is 17.0 Å². The Balaban J connectivity index is 2.13. The number of benzene rings is 2. The molecule has 0 heterocycles. The van der Waals surface area contributed by atoms with Crippen LogP contribution >= 0.6 is 11.6 Å². The number of carbonyl (C=O) groups is 2. The van der Waals surface area contributed by atoms with Crippen molar-refractivity contribution in [2.24, 2.45) is 5.73 Å². The molecule has 0 spiro atoms. The Bertz CT molecular complexity index is 764. The largest absolute Gasteiger partial charge is 0.368 e. The third-order valence-electron chi connectivity index (χ3n) is 4.04. The number of nitrogens with one attached hydrogen (secondary N) is 1. The van der Waals surface area contributed by atoms with Gasteiger partial charge in [-0.2, -0.15) is 0 Å². The Morgan fingerprint density at radius 1 is 1.08 bits per heavy atom. The van der Waals surface area contributed by atoms with Gasteiger partial charge in [0.15, 0.2) is 0 Å². The van der Waals surface area contributed by atoms with Gasteiger partial charge in [-0.05, 0) is 34.7 Å². The molecule has 0 bridgehead atoms. The van der Waals surface area contributed by atoms with Crippen molar-refractivity contribution in [2.45, 2.75) is 38.6 Å². The van der Waals surface area contributed by atoms with E-state index in [0.717, 1.165) is 11.1 Å². The molecule has 0 radical (unpaired) electrons. The zero-order valence-electron chi connectivity index (χ0n) is 14.7. The van der Waals surface area contributed by atoms with Crippen LogP contribution in [0.5, 0.6) is 0 Å². The van der Waals surface area contributed by atoms with Crippen LogP contribution in [0.25, 0.3) is 0 Å². The van der Waals surface area contributed by atoms with Crippen molar-refractivity contribution >= 4 is 23.4 Å². The standard InChI is InChI=1S/C20H23ClN2O2/c1-20(2,3)15-10-8-13(9-11-15)19(25)23-17(18(22)24)12-14-6-4-5-7-16(14)21/h4-11,17H,12H2,1-3H3,(H2,22,24)(H,23,25)/t17-/m1/s1. The van der Waals surface area contributed by atoms with Crippen LogP contribution in [0.15, 0.2) is 48.5 Å². The highest BCUT2D eigenvalue weighted by atomic mass is 35.5. The Morgan fingerprint density at radius 2 is 1.68 bits per heavy atom. The van der Waals surface area contributed by atoms with Gasteiger partial charge in [0.05, 0.1) is 0 Å². The van der Waals surface area contributed by atoms with Crippen LogP contribution in [0.3, 0.4) is 0 Å². The summed E-state index contributed by atoms with van der Waals surface area (Å²) in [6, 6.07) is 13.7. The maximum Gasteiger partial charge on any atom is 0.251 e. The number of primary amides is 1. The molecule has 0 saturated carbocycles. The smallest absolute Gasteiger partial charge is 0.251 e. The van der Waals surface area contributed by atoms with Crippen LogP contribution < -0.4 is 11.1 Å². The van der Waals surface area contributed by atoms with E-state index >= 15 is 0 Å². The molecule has 0 saturated heterocycles. The van der Waals surface area contributed by atoms with Gasteiger partial charge in [-0.25, -0.2) is 0 Å². The lowest BCUT2D eigenvalue weighted by Gasteiger charge is -2.20. The molecule has 2 rings (SSSR count). The number of rotatable bonds is 5. The van der Waals surface area contributed by atoms with Crippen molar-refractivity contribution < 1.29 is 9.59 Å². The van der Waals surface area contributed by atoms with Crippen molar-refractivity contribution in [3.63, 3.8) is 0 Å². The van der Waals surface area contributed by atoms with E-state index in [4.69, 9.17) is 17.3 Å². The van der Waals surface area contributed by atoms with Crippen molar-refractivity contribution in [3.05, 3.63) is 70.2 Å². The minimum absolute atomic E-state index is 0.00875. The van der Waals surface area contributed by atoms with E-state index in [2.05, 4.69) is 26.1 Å². The molecule has 0 aliphatic heterocycles. The Morgan fingerprint density at radius 3 is 2.20 bits per heavy atom. The Labute approximate surface area is 153 Å². The van der Waals surface area contributed by atoms with Crippen molar-refractivity contribution in [1.29, 1.82) is 0 Å². The third-order valence-corrected chi connectivity index (χ3v) is 4.41. The quantitative estimate of drug-likeness (QED) is 0.859. The molecule has 25 heavy (non-hydrogen) atoms. The third kappa shape index (κ3) is 5.07. The highest BCUT2D eigenvalue weighted by Gasteiger charge is 2.21. The number of hydrogen-bond acceptors (Lipinski definition) is 2. The van der Waals surface area contributed by atoms with Crippen LogP contribution in [0.1, 0.15) is 42.3 Å². The first kappa shape index (κ1) is 19.0. The van der Waals surface area contributed by atoms with E-state index in [0.29, 0.717) is 10.6 Å². The SMILES string of the molecule is CC(C)(C)c1ccc(C(=O)N[C@H](Cc2ccccc2Cl)C(N)=O)cc1. The fourth-order valence-corrected chi connectivity index (χ4v) is 2.68. The highest BCUT2D eigenvalue weighted by molar-refractivity contribution is 6.31. The summed E-state index contributed by atoms with van der Waals surface area (Å²) in [6.45, 7) is 6.32. The van der Waals surface area contributed by atoms with E-state index in [1.165, 1.54) is 0 Å². The predicted molar refractivity (Wildman–Crippen MR) is 101 cm³/mol. The second-order valence-corrected chi connectivity index (χ2v) is 7.46. The van der Waals surface area contributed by atoms with E-state index in [1.54, 1.807) is 24.3 Å². The van der Waals surface area contributed by atoms with Gasteiger partial charge in [0.2, 0.25) is 5.91 Å². The Kier molecular flexibility index (Phi) is 5.85. The maximum atomic E-state index is 12.4. The lowest BCUT2D eigenvalue weighted by Crippen LogP contribution is -2.45. The predicted octanol–water partition coefficient (Wildman–Crippen LogP) is 3.46. The zero-order chi connectivity index (χ0) is 18.6. The van der Waals surface area contributed by atoms with E-state index in [-0.39, 0.29) is 17.7 Å². The zero-order valence-corrected chi connectivity index (χ0v) is 15.4. The summed E-state index contributed by atoms with van der Waals surface area (Å²) < 4.78 is 0. The van der Waals surface area contributed by atoms with Crippen LogP contribution in [0.2, 0.25) is 5.02 Å². The molecule has 4 nitrogen and oxygen atoms in total. The first-order valence-corrected chi connectivity index (χ1v) is 8.50. The lowest BCUT2D eigenvalue weighted by molar-refractivity contribution is -0.119. The van der Waals surface area contributed by atoms with Crippen LogP contribution in [-0.2, 0) is 16.6 Å². The molecule has 0 aliphatic carbocycles. The van der Waals surface area contributed by atoms with Gasteiger partial charge in [0.25, 0.3) is 5.91 Å². The van der Waals surface area contributed by atoms with Gasteiger partial charge in [-0.1, -0.05) is 62.7 Å². The number of carbonyl (C=O) groups excluding carboxylic acids is 2. The molecule has 0 aromatic heterocycles. The molecule has 2 amide bonds. The summed E-state index contributed by atoms with van der Waals surface area (Å²) in [4.78, 5) is 24.2. The normalized spacial score (nSPS) is 12.5.